The van der Waals surface area contributed by atoms with Gasteiger partial charge in [0, 0.05) is 54.4 Å². The molecule has 3 heterocycles. The number of nitrogens with zero attached hydrogens (tertiary/aromatic N) is 2. The van der Waals surface area contributed by atoms with Gasteiger partial charge in [-0.2, -0.15) is 18.4 Å². The number of fused-ring (bicyclic) bond motifs is 1. The van der Waals surface area contributed by atoms with Gasteiger partial charge in [0.05, 0.1) is 18.8 Å². The molecule has 2 aromatic heterocycles. The minimum atomic E-state index is -5.08. The molecule has 0 radical (unpaired) electrons. The fourth-order valence-electron chi connectivity index (χ4n) is 4.31. The van der Waals surface area contributed by atoms with Crippen LogP contribution < -0.4 is 15.8 Å². The molecule has 4 N–H and O–H groups in total. The van der Waals surface area contributed by atoms with E-state index in [0.717, 1.165) is 29.5 Å². The number of nitrogens with one attached hydrogen (secondary N) is 1. The number of halogens is 3. The maximum Gasteiger partial charge on any atom is 0.490 e. The molecular formula is C31H29F3N4O6. The van der Waals surface area contributed by atoms with Crippen LogP contribution >= 0.6 is 0 Å². The first kappa shape index (κ1) is 32.0. The van der Waals surface area contributed by atoms with Crippen LogP contribution in [0.4, 0.5) is 13.2 Å². The highest BCUT2D eigenvalue weighted by molar-refractivity contribution is 5.95. The molecule has 0 spiro atoms. The van der Waals surface area contributed by atoms with Crippen molar-refractivity contribution in [1.82, 2.24) is 10.3 Å². The van der Waals surface area contributed by atoms with Gasteiger partial charge in [0.25, 0.3) is 5.91 Å². The molecule has 1 fully saturated rings. The van der Waals surface area contributed by atoms with Crippen molar-refractivity contribution < 1.29 is 41.8 Å². The summed E-state index contributed by atoms with van der Waals surface area (Å²) in [6, 6.07) is 18.7. The molecule has 44 heavy (non-hydrogen) atoms. The van der Waals surface area contributed by atoms with Crippen LogP contribution in [-0.2, 0) is 9.53 Å². The SMILES string of the molecule is CC(N)CNC(=O)c1ccc(-c2cc3nccc(-c4ccc(OC5CCOCC5)c(C#N)c4)c3o2)cc1.O=C(O)C(F)(F)F. The van der Waals surface area contributed by atoms with Crippen LogP contribution in [0.25, 0.3) is 33.6 Å². The average Bonchev–Trinajstić information content (AvgIpc) is 3.45. The maximum atomic E-state index is 12.3. The number of furan rings is 1. The Hall–Kier alpha value is -4.93. The van der Waals surface area contributed by atoms with E-state index < -0.39 is 12.1 Å². The summed E-state index contributed by atoms with van der Waals surface area (Å²) in [6.45, 7) is 3.59. The third-order valence-corrected chi connectivity index (χ3v) is 6.54. The number of carbonyl (C=O) groups excluding carboxylic acids is 1. The largest absolute Gasteiger partial charge is 0.490 e. The number of carboxylic acids is 1. The second-order valence-corrected chi connectivity index (χ2v) is 10.0. The van der Waals surface area contributed by atoms with E-state index in [1.54, 1.807) is 18.3 Å². The number of alkyl halides is 3. The van der Waals surface area contributed by atoms with Gasteiger partial charge in [-0.05, 0) is 42.8 Å². The van der Waals surface area contributed by atoms with Crippen LogP contribution in [0, 0.1) is 11.3 Å². The molecule has 1 aliphatic heterocycles. The summed E-state index contributed by atoms with van der Waals surface area (Å²) in [5.41, 5.74) is 10.5. The van der Waals surface area contributed by atoms with E-state index in [-0.39, 0.29) is 18.1 Å². The number of benzene rings is 2. The molecule has 1 unspecified atom stereocenters. The first-order valence-electron chi connectivity index (χ1n) is 13.6. The predicted octanol–water partition coefficient (Wildman–Crippen LogP) is 5.30. The second kappa shape index (κ2) is 14.0. The number of carbonyl (C=O) groups is 2. The minimum Gasteiger partial charge on any atom is -0.489 e. The van der Waals surface area contributed by atoms with Gasteiger partial charge < -0.3 is 30.0 Å². The summed E-state index contributed by atoms with van der Waals surface area (Å²) in [5, 5.41) is 19.7. The normalized spacial score (nSPS) is 14.2. The van der Waals surface area contributed by atoms with E-state index >= 15 is 0 Å². The Kier molecular flexibility index (Phi) is 10.2. The quantitative estimate of drug-likeness (QED) is 0.252. The number of aliphatic carboxylic acids is 1. The number of pyridine rings is 1. The van der Waals surface area contributed by atoms with Crippen molar-refractivity contribution in [3.63, 3.8) is 0 Å². The standard InChI is InChI=1S/C29H28N4O4.C2HF3O2/c1-18(31)17-33-29(34)20-4-2-19(3-5-20)27-15-25-28(37-27)24(8-11-32-25)21-6-7-26(22(14-21)16-30)36-23-9-12-35-13-10-23;3-2(4,5)1(6)7/h2-8,11,14-15,18,23H,9-10,12-13,17,31H2,1H3,(H,33,34);(H,6,7). The zero-order chi connectivity index (χ0) is 31.9. The topological polar surface area (TPSA) is 161 Å². The van der Waals surface area contributed by atoms with Crippen molar-refractivity contribution in [2.45, 2.75) is 38.1 Å². The third-order valence-electron chi connectivity index (χ3n) is 6.54. The number of amides is 1. The van der Waals surface area contributed by atoms with Gasteiger partial charge in [-0.3, -0.25) is 9.78 Å². The zero-order valence-electron chi connectivity index (χ0n) is 23.6. The van der Waals surface area contributed by atoms with Gasteiger partial charge in [-0.25, -0.2) is 4.79 Å². The Morgan fingerprint density at radius 1 is 1.14 bits per heavy atom. The highest BCUT2D eigenvalue weighted by atomic mass is 19.4. The van der Waals surface area contributed by atoms with Crippen molar-refractivity contribution in [2.75, 3.05) is 19.8 Å². The lowest BCUT2D eigenvalue weighted by atomic mass is 10.0. The molecule has 230 valence electrons. The second-order valence-electron chi connectivity index (χ2n) is 10.0. The summed E-state index contributed by atoms with van der Waals surface area (Å²) < 4.78 is 49.5. The van der Waals surface area contributed by atoms with E-state index in [1.807, 2.05) is 49.4 Å². The van der Waals surface area contributed by atoms with Crippen molar-refractivity contribution >= 4 is 23.0 Å². The number of nitrogens with two attached hydrogens (primary N) is 1. The molecule has 5 rings (SSSR count). The lowest BCUT2D eigenvalue weighted by molar-refractivity contribution is -0.192. The molecule has 0 saturated carbocycles. The monoisotopic (exact) mass is 610 g/mol. The molecule has 1 amide bonds. The predicted molar refractivity (Wildman–Crippen MR) is 154 cm³/mol. The Labute approximate surface area is 250 Å². The Morgan fingerprint density at radius 3 is 2.41 bits per heavy atom. The van der Waals surface area contributed by atoms with Crippen LogP contribution in [0.5, 0.6) is 5.75 Å². The molecule has 0 bridgehead atoms. The fourth-order valence-corrected chi connectivity index (χ4v) is 4.31. The number of hydrogen-bond donors (Lipinski definition) is 3. The van der Waals surface area contributed by atoms with E-state index in [0.29, 0.717) is 53.5 Å². The van der Waals surface area contributed by atoms with Crippen molar-refractivity contribution in [2.24, 2.45) is 5.73 Å². The zero-order valence-corrected chi connectivity index (χ0v) is 23.6. The van der Waals surface area contributed by atoms with E-state index in [9.17, 15) is 23.2 Å². The molecule has 13 heteroatoms. The van der Waals surface area contributed by atoms with Crippen molar-refractivity contribution in [3.05, 3.63) is 71.9 Å². The summed E-state index contributed by atoms with van der Waals surface area (Å²) >= 11 is 0. The molecular weight excluding hydrogens is 581 g/mol. The summed E-state index contributed by atoms with van der Waals surface area (Å²) in [7, 11) is 0. The molecule has 1 aliphatic rings. The molecule has 1 saturated heterocycles. The lowest BCUT2D eigenvalue weighted by Gasteiger charge is -2.23. The van der Waals surface area contributed by atoms with E-state index in [2.05, 4.69) is 16.4 Å². The van der Waals surface area contributed by atoms with Gasteiger partial charge in [-0.15, -0.1) is 0 Å². The molecule has 2 aromatic carbocycles. The maximum absolute atomic E-state index is 12.3. The van der Waals surface area contributed by atoms with E-state index in [4.69, 9.17) is 29.5 Å². The number of hydrogen-bond acceptors (Lipinski definition) is 8. The van der Waals surface area contributed by atoms with Crippen LogP contribution in [0.15, 0.2) is 65.2 Å². The first-order chi connectivity index (χ1) is 21.0. The van der Waals surface area contributed by atoms with Crippen molar-refractivity contribution in [3.8, 4) is 34.3 Å². The van der Waals surface area contributed by atoms with Gasteiger partial charge in [0.2, 0.25) is 0 Å². The van der Waals surface area contributed by atoms with Gasteiger partial charge >= 0.3 is 12.1 Å². The van der Waals surface area contributed by atoms with Crippen molar-refractivity contribution in [1.29, 1.82) is 5.26 Å². The third kappa shape index (κ3) is 8.12. The fraction of sp³-hybridized carbons (Fsp3) is 0.290. The summed E-state index contributed by atoms with van der Waals surface area (Å²) in [6.07, 6.45) is -1.69. The lowest BCUT2D eigenvalue weighted by Crippen LogP contribution is -2.35. The molecule has 4 aromatic rings. The Morgan fingerprint density at radius 2 is 1.80 bits per heavy atom. The Bertz CT molecular complexity index is 1660. The highest BCUT2D eigenvalue weighted by Crippen LogP contribution is 2.35. The van der Waals surface area contributed by atoms with Crippen LogP contribution in [0.2, 0.25) is 0 Å². The van der Waals surface area contributed by atoms with E-state index in [1.165, 1.54) is 0 Å². The highest BCUT2D eigenvalue weighted by Gasteiger charge is 2.38. The van der Waals surface area contributed by atoms with Crippen LogP contribution in [0.3, 0.4) is 0 Å². The number of nitriles is 1. The number of rotatable bonds is 7. The minimum absolute atomic E-state index is 0.0497. The smallest absolute Gasteiger partial charge is 0.489 e. The number of carboxylic acid groups (broad SMARTS) is 1. The Balaban J connectivity index is 0.000000566. The number of ether oxygens (including phenoxy) is 2. The summed E-state index contributed by atoms with van der Waals surface area (Å²) in [4.78, 5) is 25.7. The van der Waals surface area contributed by atoms with Gasteiger partial charge in [-0.1, -0.05) is 18.2 Å². The summed E-state index contributed by atoms with van der Waals surface area (Å²) in [5.74, 6) is -1.71. The van der Waals surface area contributed by atoms with Gasteiger partial charge in [0.1, 0.15) is 29.2 Å². The van der Waals surface area contributed by atoms with Crippen LogP contribution in [-0.4, -0.2) is 60.0 Å². The molecule has 10 nitrogen and oxygen atoms in total. The molecule has 1 atom stereocenters. The number of aromatic nitrogens is 1. The average molecular weight is 611 g/mol. The first-order valence-corrected chi connectivity index (χ1v) is 13.6. The van der Waals surface area contributed by atoms with Crippen LogP contribution in [0.1, 0.15) is 35.7 Å². The molecule has 0 aliphatic carbocycles. The van der Waals surface area contributed by atoms with Gasteiger partial charge in [0.15, 0.2) is 5.58 Å².